The van der Waals surface area contributed by atoms with E-state index < -0.39 is 11.7 Å². The molecule has 0 amide bonds. The zero-order valence-corrected chi connectivity index (χ0v) is 17.1. The minimum Gasteiger partial charge on any atom is -0.480 e. The molecule has 31 heavy (non-hydrogen) atoms. The fourth-order valence-electron chi connectivity index (χ4n) is 3.43. The number of thiophene rings is 1. The number of hydrogen-bond acceptors (Lipinski definition) is 10. The summed E-state index contributed by atoms with van der Waals surface area (Å²) in [5.41, 5.74) is 0.762. The molecule has 4 aromatic rings. The molecule has 1 saturated heterocycles. The van der Waals surface area contributed by atoms with Crippen molar-refractivity contribution in [2.45, 2.75) is 19.1 Å². The molecular weight excluding hydrogens is 433 g/mol. The van der Waals surface area contributed by atoms with Crippen molar-refractivity contribution < 1.29 is 17.9 Å². The number of methoxy groups -OCH3 is 1. The lowest BCUT2D eigenvalue weighted by atomic mass is 10.1. The number of nitrogens with one attached hydrogen (secondary N) is 1. The molecular formula is C18H15F3N8OS. The summed E-state index contributed by atoms with van der Waals surface area (Å²) in [6.45, 7) is 2.98. The van der Waals surface area contributed by atoms with E-state index in [1.165, 1.54) is 17.7 Å². The van der Waals surface area contributed by atoms with Crippen molar-refractivity contribution in [1.82, 2.24) is 30.1 Å². The van der Waals surface area contributed by atoms with Crippen LogP contribution in [0.15, 0.2) is 18.7 Å². The fraction of sp³-hybridized carbons (Fsp3) is 0.333. The van der Waals surface area contributed by atoms with E-state index in [1.807, 2.05) is 6.92 Å². The summed E-state index contributed by atoms with van der Waals surface area (Å²) >= 11 is 1.44. The number of alkyl halides is 3. The maximum atomic E-state index is 12.7. The van der Waals surface area contributed by atoms with Gasteiger partial charge in [0.1, 0.15) is 17.0 Å². The Kier molecular flexibility index (Phi) is 4.50. The molecule has 0 unspecified atom stereocenters. The van der Waals surface area contributed by atoms with Crippen LogP contribution in [0.1, 0.15) is 11.1 Å². The largest absolute Gasteiger partial charge is 0.480 e. The van der Waals surface area contributed by atoms with E-state index in [9.17, 15) is 13.2 Å². The van der Waals surface area contributed by atoms with Crippen LogP contribution in [0.5, 0.6) is 5.88 Å². The normalized spacial score (nSPS) is 14.8. The number of aryl methyl sites for hydroxylation is 1. The highest BCUT2D eigenvalue weighted by molar-refractivity contribution is 7.26. The number of anilines is 2. The van der Waals surface area contributed by atoms with Crippen LogP contribution in [0.2, 0.25) is 0 Å². The minimum absolute atomic E-state index is 0.0379. The number of fused-ring (bicyclic) bond motifs is 3. The van der Waals surface area contributed by atoms with Gasteiger partial charge in [0.2, 0.25) is 11.8 Å². The monoisotopic (exact) mass is 448 g/mol. The summed E-state index contributed by atoms with van der Waals surface area (Å²) in [5.74, 6) is 1.38. The van der Waals surface area contributed by atoms with Gasteiger partial charge < -0.3 is 15.0 Å². The van der Waals surface area contributed by atoms with Gasteiger partial charge in [0.15, 0.2) is 0 Å². The molecule has 0 saturated carbocycles. The van der Waals surface area contributed by atoms with E-state index in [-0.39, 0.29) is 12.0 Å². The van der Waals surface area contributed by atoms with Crippen LogP contribution in [-0.2, 0) is 6.18 Å². The van der Waals surface area contributed by atoms with Gasteiger partial charge in [-0.15, -0.1) is 21.5 Å². The zero-order valence-electron chi connectivity index (χ0n) is 16.3. The summed E-state index contributed by atoms with van der Waals surface area (Å²) in [6.07, 6.45) is -1.37. The first-order chi connectivity index (χ1) is 14.8. The average molecular weight is 448 g/mol. The van der Waals surface area contributed by atoms with Crippen molar-refractivity contribution in [3.05, 3.63) is 29.8 Å². The predicted octanol–water partition coefficient (Wildman–Crippen LogP) is 3.06. The number of rotatable bonds is 4. The highest BCUT2D eigenvalue weighted by Gasteiger charge is 2.33. The summed E-state index contributed by atoms with van der Waals surface area (Å²) in [5, 5.41) is 12.6. The topological polar surface area (TPSA) is 102 Å². The van der Waals surface area contributed by atoms with Gasteiger partial charge >= 0.3 is 6.18 Å². The van der Waals surface area contributed by atoms with Gasteiger partial charge in [0, 0.05) is 36.4 Å². The van der Waals surface area contributed by atoms with Crippen molar-refractivity contribution in [3.63, 3.8) is 0 Å². The van der Waals surface area contributed by atoms with Crippen molar-refractivity contribution in [3.8, 4) is 5.88 Å². The van der Waals surface area contributed by atoms with Crippen molar-refractivity contribution in [1.29, 1.82) is 0 Å². The summed E-state index contributed by atoms with van der Waals surface area (Å²) in [7, 11) is 1.54. The van der Waals surface area contributed by atoms with Crippen LogP contribution in [0.3, 0.4) is 0 Å². The number of nitrogens with zero attached hydrogens (tertiary/aromatic N) is 7. The molecule has 1 aliphatic heterocycles. The lowest BCUT2D eigenvalue weighted by molar-refractivity contribution is -0.138. The van der Waals surface area contributed by atoms with E-state index >= 15 is 0 Å². The Balaban J connectivity index is 1.35. The molecule has 13 heteroatoms. The maximum Gasteiger partial charge on any atom is 0.419 e. The van der Waals surface area contributed by atoms with Crippen LogP contribution < -0.4 is 15.0 Å². The molecule has 0 atom stereocenters. The molecule has 5 heterocycles. The Morgan fingerprint density at radius 2 is 1.87 bits per heavy atom. The maximum absolute atomic E-state index is 12.7. The van der Waals surface area contributed by atoms with Gasteiger partial charge in [-0.3, -0.25) is 0 Å². The van der Waals surface area contributed by atoms with Crippen LogP contribution in [0, 0.1) is 6.92 Å². The van der Waals surface area contributed by atoms with Crippen molar-refractivity contribution in [2.75, 3.05) is 30.4 Å². The molecule has 0 aromatic carbocycles. The Morgan fingerprint density at radius 3 is 2.55 bits per heavy atom. The molecule has 5 rings (SSSR count). The second-order valence-electron chi connectivity index (χ2n) is 7.03. The molecule has 0 radical (unpaired) electrons. The third-order valence-corrected chi connectivity index (χ3v) is 6.11. The van der Waals surface area contributed by atoms with Crippen LogP contribution in [-0.4, -0.2) is 56.4 Å². The third-order valence-electron chi connectivity index (χ3n) is 5.04. The summed E-state index contributed by atoms with van der Waals surface area (Å²) in [4.78, 5) is 19.0. The Hall–Kier alpha value is -3.35. The van der Waals surface area contributed by atoms with Gasteiger partial charge in [-0.1, -0.05) is 0 Å². The highest BCUT2D eigenvalue weighted by atomic mass is 32.1. The molecule has 0 aliphatic carbocycles. The van der Waals surface area contributed by atoms with E-state index in [0.717, 1.165) is 38.4 Å². The molecule has 1 aliphatic rings. The molecule has 9 nitrogen and oxygen atoms in total. The number of hydrogen-bond donors (Lipinski definition) is 1. The standard InChI is InChI=1S/C18H15F3N8OS/c1-8-11-12-13(31-16(11)28-27-15(8)30-2)14(25-7-24-12)26-10-5-29(6-10)17-22-3-9(4-23-17)18(19,20)21/h3-4,7,10H,5-6H2,1-2H3,(H,24,25,26). The molecule has 4 aromatic heterocycles. The second kappa shape index (κ2) is 7.11. The Bertz CT molecular complexity index is 1270. The SMILES string of the molecule is COc1nnc2sc3c(NC4CN(c5ncc(C(F)(F)F)cn5)C4)ncnc3c2c1C. The Labute approximate surface area is 177 Å². The molecule has 0 bridgehead atoms. The minimum atomic E-state index is -4.45. The first-order valence-electron chi connectivity index (χ1n) is 9.20. The molecule has 0 spiro atoms. The summed E-state index contributed by atoms with van der Waals surface area (Å²) in [6, 6.07) is 0.0379. The zero-order chi connectivity index (χ0) is 21.8. The van der Waals surface area contributed by atoms with Crippen LogP contribution in [0.25, 0.3) is 20.4 Å². The van der Waals surface area contributed by atoms with Crippen LogP contribution in [0.4, 0.5) is 24.9 Å². The van der Waals surface area contributed by atoms with Gasteiger partial charge in [-0.2, -0.15) is 13.2 Å². The smallest absolute Gasteiger partial charge is 0.419 e. The number of ether oxygens (including phenoxy) is 1. The van der Waals surface area contributed by atoms with Gasteiger partial charge in [0.25, 0.3) is 0 Å². The van der Waals surface area contributed by atoms with Crippen molar-refractivity contribution >= 4 is 43.5 Å². The molecule has 160 valence electrons. The summed E-state index contributed by atoms with van der Waals surface area (Å²) < 4.78 is 44.1. The third kappa shape index (κ3) is 3.34. The predicted molar refractivity (Wildman–Crippen MR) is 108 cm³/mol. The molecule has 1 N–H and O–H groups in total. The van der Waals surface area contributed by atoms with Crippen molar-refractivity contribution in [2.24, 2.45) is 0 Å². The van der Waals surface area contributed by atoms with E-state index in [1.54, 1.807) is 12.0 Å². The van der Waals surface area contributed by atoms with Gasteiger partial charge in [-0.25, -0.2) is 19.9 Å². The first kappa shape index (κ1) is 19.6. The number of halogens is 3. The van der Waals surface area contributed by atoms with Gasteiger partial charge in [0.05, 0.1) is 28.9 Å². The number of aromatic nitrogens is 6. The van der Waals surface area contributed by atoms with E-state index in [2.05, 4.69) is 35.5 Å². The van der Waals surface area contributed by atoms with Crippen LogP contribution >= 0.6 is 11.3 Å². The highest BCUT2D eigenvalue weighted by Crippen LogP contribution is 2.38. The quantitative estimate of drug-likeness (QED) is 0.505. The molecule has 1 fully saturated rings. The fourth-order valence-corrected chi connectivity index (χ4v) is 4.52. The lowest BCUT2D eigenvalue weighted by Crippen LogP contribution is -2.55. The second-order valence-corrected chi connectivity index (χ2v) is 8.03. The first-order valence-corrected chi connectivity index (χ1v) is 10.0. The lowest BCUT2D eigenvalue weighted by Gasteiger charge is -2.39. The Morgan fingerprint density at radius 1 is 1.13 bits per heavy atom. The van der Waals surface area contributed by atoms with Gasteiger partial charge in [-0.05, 0) is 6.92 Å². The average Bonchev–Trinajstić information content (AvgIpc) is 3.10. The van der Waals surface area contributed by atoms with E-state index in [4.69, 9.17) is 4.74 Å². The van der Waals surface area contributed by atoms with E-state index in [0.29, 0.717) is 24.8 Å².